The lowest BCUT2D eigenvalue weighted by Gasteiger charge is -2.08. The minimum atomic E-state index is 0.461. The van der Waals surface area contributed by atoms with Crippen LogP contribution in [-0.4, -0.2) is 6.54 Å². The summed E-state index contributed by atoms with van der Waals surface area (Å²) in [5.74, 6) is 1.14. The SMILES string of the molecule is CC(C)CC(C)CN=O. The van der Waals surface area contributed by atoms with Gasteiger partial charge < -0.3 is 0 Å². The standard InChI is InChI=1S/C7H15NO/c1-6(2)4-7(3)5-8-9/h6-7H,4-5H2,1-3H3. The molecule has 0 bridgehead atoms. The monoisotopic (exact) mass is 129 g/mol. The van der Waals surface area contributed by atoms with E-state index in [1.807, 2.05) is 0 Å². The van der Waals surface area contributed by atoms with Crippen LogP contribution in [0.1, 0.15) is 27.2 Å². The molecule has 0 radical (unpaired) electrons. The van der Waals surface area contributed by atoms with Crippen molar-refractivity contribution in [2.45, 2.75) is 27.2 Å². The summed E-state index contributed by atoms with van der Waals surface area (Å²) in [4.78, 5) is 9.75. The van der Waals surface area contributed by atoms with Crippen molar-refractivity contribution in [1.29, 1.82) is 0 Å². The Morgan fingerprint density at radius 2 is 1.89 bits per heavy atom. The van der Waals surface area contributed by atoms with E-state index in [9.17, 15) is 4.91 Å². The third-order valence-electron chi connectivity index (χ3n) is 1.26. The van der Waals surface area contributed by atoms with Crippen LogP contribution >= 0.6 is 0 Å². The van der Waals surface area contributed by atoms with E-state index in [0.717, 1.165) is 6.42 Å². The normalized spacial score (nSPS) is 13.8. The van der Waals surface area contributed by atoms with Crippen LogP contribution in [0.3, 0.4) is 0 Å². The predicted octanol–water partition coefficient (Wildman–Crippen LogP) is 2.44. The van der Waals surface area contributed by atoms with Crippen LogP contribution < -0.4 is 0 Å². The molecule has 9 heavy (non-hydrogen) atoms. The van der Waals surface area contributed by atoms with E-state index < -0.39 is 0 Å². The summed E-state index contributed by atoms with van der Waals surface area (Å²) in [6.07, 6.45) is 1.10. The molecule has 54 valence electrons. The number of rotatable bonds is 4. The molecule has 0 aliphatic rings. The quantitative estimate of drug-likeness (QED) is 0.536. The maximum atomic E-state index is 9.75. The Morgan fingerprint density at radius 1 is 1.33 bits per heavy atom. The van der Waals surface area contributed by atoms with Gasteiger partial charge in [0.25, 0.3) is 0 Å². The highest BCUT2D eigenvalue weighted by atomic mass is 16.3. The van der Waals surface area contributed by atoms with E-state index in [2.05, 4.69) is 25.9 Å². The van der Waals surface area contributed by atoms with Crippen LogP contribution in [0.4, 0.5) is 0 Å². The fourth-order valence-electron chi connectivity index (χ4n) is 1.01. The third kappa shape index (κ3) is 5.47. The molecule has 0 saturated carbocycles. The topological polar surface area (TPSA) is 29.4 Å². The molecule has 0 rings (SSSR count). The molecule has 1 atom stereocenters. The number of nitroso groups, excluding NO2 is 1. The Kier molecular flexibility index (Phi) is 4.28. The Morgan fingerprint density at radius 3 is 2.22 bits per heavy atom. The van der Waals surface area contributed by atoms with Crippen LogP contribution in [0.25, 0.3) is 0 Å². The zero-order chi connectivity index (χ0) is 7.28. The Bertz CT molecular complexity index is 81.0. The second-order valence-corrected chi connectivity index (χ2v) is 3.05. The van der Waals surface area contributed by atoms with Crippen molar-refractivity contribution in [2.24, 2.45) is 17.0 Å². The number of hydrogen-bond donors (Lipinski definition) is 0. The second-order valence-electron chi connectivity index (χ2n) is 3.05. The van der Waals surface area contributed by atoms with Gasteiger partial charge in [-0.25, -0.2) is 0 Å². The van der Waals surface area contributed by atoms with Gasteiger partial charge in [0.15, 0.2) is 0 Å². The van der Waals surface area contributed by atoms with Gasteiger partial charge in [-0.05, 0) is 18.3 Å². The Hall–Kier alpha value is -0.400. The van der Waals surface area contributed by atoms with E-state index in [4.69, 9.17) is 0 Å². The Labute approximate surface area is 56.6 Å². The summed E-state index contributed by atoms with van der Waals surface area (Å²) in [5, 5.41) is 2.84. The first-order chi connectivity index (χ1) is 4.16. The lowest BCUT2D eigenvalue weighted by Crippen LogP contribution is -2.02. The number of hydrogen-bond acceptors (Lipinski definition) is 2. The summed E-state index contributed by atoms with van der Waals surface area (Å²) in [5.41, 5.74) is 0. The largest absolute Gasteiger partial charge is 0.151 e. The zero-order valence-corrected chi connectivity index (χ0v) is 6.42. The average Bonchev–Trinajstić information content (AvgIpc) is 1.63. The first-order valence-electron chi connectivity index (χ1n) is 3.46. The van der Waals surface area contributed by atoms with Crippen molar-refractivity contribution < 1.29 is 0 Å². The highest BCUT2D eigenvalue weighted by molar-refractivity contribution is 4.57. The molecule has 2 nitrogen and oxygen atoms in total. The van der Waals surface area contributed by atoms with Crippen LogP contribution in [0.5, 0.6) is 0 Å². The fourth-order valence-corrected chi connectivity index (χ4v) is 1.01. The van der Waals surface area contributed by atoms with Gasteiger partial charge in [0.2, 0.25) is 0 Å². The highest BCUT2D eigenvalue weighted by Gasteiger charge is 2.03. The molecular formula is C7H15NO. The van der Waals surface area contributed by atoms with Gasteiger partial charge in [0.05, 0.1) is 6.54 Å². The average molecular weight is 129 g/mol. The van der Waals surface area contributed by atoms with Crippen LogP contribution in [0, 0.1) is 16.7 Å². The van der Waals surface area contributed by atoms with Crippen molar-refractivity contribution in [1.82, 2.24) is 0 Å². The van der Waals surface area contributed by atoms with E-state index in [1.165, 1.54) is 0 Å². The van der Waals surface area contributed by atoms with E-state index in [1.54, 1.807) is 0 Å². The zero-order valence-electron chi connectivity index (χ0n) is 6.42. The lowest BCUT2D eigenvalue weighted by atomic mass is 9.99. The van der Waals surface area contributed by atoms with Crippen molar-refractivity contribution in [3.8, 4) is 0 Å². The summed E-state index contributed by atoms with van der Waals surface area (Å²) in [7, 11) is 0. The first kappa shape index (κ1) is 8.60. The second kappa shape index (κ2) is 4.48. The van der Waals surface area contributed by atoms with Crippen molar-refractivity contribution in [3.63, 3.8) is 0 Å². The highest BCUT2D eigenvalue weighted by Crippen LogP contribution is 2.10. The van der Waals surface area contributed by atoms with Gasteiger partial charge in [0.1, 0.15) is 0 Å². The molecule has 0 heterocycles. The summed E-state index contributed by atoms with van der Waals surface area (Å²) >= 11 is 0. The minimum absolute atomic E-state index is 0.461. The molecule has 0 amide bonds. The third-order valence-corrected chi connectivity index (χ3v) is 1.26. The van der Waals surface area contributed by atoms with Crippen molar-refractivity contribution in [2.75, 3.05) is 6.54 Å². The molecule has 0 N–H and O–H groups in total. The minimum Gasteiger partial charge on any atom is -0.151 e. The van der Waals surface area contributed by atoms with Crippen molar-refractivity contribution >= 4 is 0 Å². The maximum absolute atomic E-state index is 9.75. The Balaban J connectivity index is 3.25. The van der Waals surface area contributed by atoms with Gasteiger partial charge in [-0.15, -0.1) is 0 Å². The molecule has 0 aliphatic heterocycles. The summed E-state index contributed by atoms with van der Waals surface area (Å²) in [6, 6.07) is 0. The lowest BCUT2D eigenvalue weighted by molar-refractivity contribution is 0.447. The molecule has 2 heteroatoms. The first-order valence-corrected chi connectivity index (χ1v) is 3.46. The molecule has 0 aromatic rings. The molecular weight excluding hydrogens is 114 g/mol. The van der Waals surface area contributed by atoms with Crippen LogP contribution in [0.2, 0.25) is 0 Å². The molecule has 1 unspecified atom stereocenters. The molecule has 0 fully saturated rings. The molecule has 0 saturated heterocycles. The number of nitrogens with zero attached hydrogens (tertiary/aromatic N) is 1. The maximum Gasteiger partial charge on any atom is 0.0836 e. The van der Waals surface area contributed by atoms with Crippen LogP contribution in [-0.2, 0) is 0 Å². The van der Waals surface area contributed by atoms with Crippen LogP contribution in [0.15, 0.2) is 5.18 Å². The summed E-state index contributed by atoms with van der Waals surface area (Å²) in [6.45, 7) is 6.84. The van der Waals surface area contributed by atoms with E-state index in [-0.39, 0.29) is 0 Å². The smallest absolute Gasteiger partial charge is 0.0836 e. The van der Waals surface area contributed by atoms with Gasteiger partial charge in [-0.3, -0.25) is 0 Å². The molecule has 0 aliphatic carbocycles. The molecule has 0 aromatic heterocycles. The predicted molar refractivity (Wildman–Crippen MR) is 39.3 cm³/mol. The van der Waals surface area contributed by atoms with Gasteiger partial charge in [0, 0.05) is 0 Å². The molecule has 0 spiro atoms. The van der Waals surface area contributed by atoms with Gasteiger partial charge >= 0.3 is 0 Å². The van der Waals surface area contributed by atoms with E-state index >= 15 is 0 Å². The molecule has 0 aromatic carbocycles. The van der Waals surface area contributed by atoms with Gasteiger partial charge in [-0.2, -0.15) is 4.91 Å². The van der Waals surface area contributed by atoms with E-state index in [0.29, 0.717) is 18.4 Å². The van der Waals surface area contributed by atoms with Gasteiger partial charge in [-0.1, -0.05) is 25.9 Å². The fraction of sp³-hybridized carbons (Fsp3) is 1.00. The van der Waals surface area contributed by atoms with Crippen molar-refractivity contribution in [3.05, 3.63) is 4.91 Å². The summed E-state index contributed by atoms with van der Waals surface area (Å²) < 4.78 is 0.